The Morgan fingerprint density at radius 3 is 3.07 bits per heavy atom. The molecule has 2 aromatic heterocycles. The fourth-order valence-corrected chi connectivity index (χ4v) is 1.58. The number of pyridine rings is 1. The maximum absolute atomic E-state index is 11.7. The van der Waals surface area contributed by atoms with E-state index in [1.165, 1.54) is 0 Å². The van der Waals surface area contributed by atoms with Crippen molar-refractivity contribution in [3.8, 4) is 0 Å². The third-order valence-corrected chi connectivity index (χ3v) is 2.31. The van der Waals surface area contributed by atoms with Crippen LogP contribution in [0.4, 0.5) is 0 Å². The van der Waals surface area contributed by atoms with E-state index < -0.39 is 0 Å². The quantitative estimate of drug-likeness (QED) is 0.801. The summed E-state index contributed by atoms with van der Waals surface area (Å²) < 4.78 is 1.77. The van der Waals surface area contributed by atoms with Crippen LogP contribution in [-0.4, -0.2) is 22.1 Å². The van der Waals surface area contributed by atoms with E-state index in [9.17, 15) is 4.79 Å². The van der Waals surface area contributed by atoms with Crippen LogP contribution in [0.1, 0.15) is 23.0 Å². The van der Waals surface area contributed by atoms with Gasteiger partial charge < -0.3 is 5.32 Å². The highest BCUT2D eigenvalue weighted by molar-refractivity contribution is 6.00. The van der Waals surface area contributed by atoms with Gasteiger partial charge in [-0.3, -0.25) is 4.79 Å². The van der Waals surface area contributed by atoms with Crippen LogP contribution in [0.2, 0.25) is 0 Å². The molecule has 0 aliphatic carbocycles. The van der Waals surface area contributed by atoms with E-state index >= 15 is 0 Å². The lowest BCUT2D eigenvalue weighted by Gasteiger charge is -2.01. The van der Waals surface area contributed by atoms with E-state index in [2.05, 4.69) is 10.4 Å². The third-order valence-electron chi connectivity index (χ3n) is 2.31. The zero-order valence-corrected chi connectivity index (χ0v) is 8.82. The first-order valence-corrected chi connectivity index (χ1v) is 4.95. The van der Waals surface area contributed by atoms with Gasteiger partial charge in [0.25, 0.3) is 5.91 Å². The van der Waals surface area contributed by atoms with Crippen LogP contribution in [-0.2, 0) is 0 Å². The SMILES string of the molecule is CCNC(=O)c1cnn2c(C)cccc12. The Balaban J connectivity index is 2.54. The van der Waals surface area contributed by atoms with Gasteiger partial charge in [0.15, 0.2) is 0 Å². The molecule has 1 N–H and O–H groups in total. The normalized spacial score (nSPS) is 10.5. The highest BCUT2D eigenvalue weighted by Crippen LogP contribution is 2.11. The van der Waals surface area contributed by atoms with Crippen molar-refractivity contribution in [1.82, 2.24) is 14.9 Å². The molecule has 2 rings (SSSR count). The third kappa shape index (κ3) is 1.58. The van der Waals surface area contributed by atoms with E-state index in [4.69, 9.17) is 0 Å². The van der Waals surface area contributed by atoms with Crippen molar-refractivity contribution in [3.63, 3.8) is 0 Å². The first-order valence-electron chi connectivity index (χ1n) is 4.95. The summed E-state index contributed by atoms with van der Waals surface area (Å²) in [6.07, 6.45) is 1.60. The molecule has 1 amide bonds. The number of hydrogen-bond donors (Lipinski definition) is 1. The van der Waals surface area contributed by atoms with Crippen molar-refractivity contribution >= 4 is 11.4 Å². The summed E-state index contributed by atoms with van der Waals surface area (Å²) in [6.45, 7) is 4.48. The monoisotopic (exact) mass is 203 g/mol. The van der Waals surface area contributed by atoms with Crippen LogP contribution in [0.5, 0.6) is 0 Å². The molecule has 78 valence electrons. The van der Waals surface area contributed by atoms with Crippen molar-refractivity contribution < 1.29 is 4.79 Å². The summed E-state index contributed by atoms with van der Waals surface area (Å²) in [6, 6.07) is 5.78. The Morgan fingerprint density at radius 2 is 2.33 bits per heavy atom. The predicted molar refractivity (Wildman–Crippen MR) is 57.9 cm³/mol. The minimum atomic E-state index is -0.0712. The van der Waals surface area contributed by atoms with Crippen LogP contribution in [0.25, 0.3) is 5.52 Å². The highest BCUT2D eigenvalue weighted by atomic mass is 16.1. The number of fused-ring (bicyclic) bond motifs is 1. The number of amides is 1. The van der Waals surface area contributed by atoms with Crippen molar-refractivity contribution in [3.05, 3.63) is 35.7 Å². The molecule has 0 saturated carbocycles. The van der Waals surface area contributed by atoms with E-state index in [1.54, 1.807) is 10.7 Å². The topological polar surface area (TPSA) is 46.4 Å². The maximum Gasteiger partial charge on any atom is 0.255 e. The summed E-state index contributed by atoms with van der Waals surface area (Å²) in [7, 11) is 0. The molecule has 0 unspecified atom stereocenters. The Kier molecular flexibility index (Phi) is 2.41. The molecular formula is C11H13N3O. The summed E-state index contributed by atoms with van der Waals surface area (Å²) >= 11 is 0. The molecule has 0 aliphatic rings. The number of nitrogens with one attached hydrogen (secondary N) is 1. The van der Waals surface area contributed by atoms with Gasteiger partial charge >= 0.3 is 0 Å². The number of aromatic nitrogens is 2. The molecule has 0 atom stereocenters. The number of hydrogen-bond acceptors (Lipinski definition) is 2. The molecule has 0 bridgehead atoms. The minimum Gasteiger partial charge on any atom is -0.352 e. The first-order chi connectivity index (χ1) is 7.24. The Bertz CT molecular complexity index is 502. The lowest BCUT2D eigenvalue weighted by Crippen LogP contribution is -2.22. The number of rotatable bonds is 2. The van der Waals surface area contributed by atoms with E-state index in [1.807, 2.05) is 32.0 Å². The Labute approximate surface area is 87.9 Å². The van der Waals surface area contributed by atoms with Gasteiger partial charge in [0, 0.05) is 12.2 Å². The minimum absolute atomic E-state index is 0.0712. The Morgan fingerprint density at radius 1 is 1.53 bits per heavy atom. The molecule has 0 aliphatic heterocycles. The molecule has 4 nitrogen and oxygen atoms in total. The van der Waals surface area contributed by atoms with Crippen LogP contribution < -0.4 is 5.32 Å². The van der Waals surface area contributed by atoms with Gasteiger partial charge in [-0.2, -0.15) is 5.10 Å². The molecular weight excluding hydrogens is 190 g/mol. The van der Waals surface area contributed by atoms with Gasteiger partial charge in [0.05, 0.1) is 17.3 Å². The molecule has 0 fully saturated rings. The standard InChI is InChI=1S/C11H13N3O/c1-3-12-11(15)9-7-13-14-8(2)5-4-6-10(9)14/h4-7H,3H2,1-2H3,(H,12,15). The second-order valence-electron chi connectivity index (χ2n) is 3.38. The summed E-state index contributed by atoms with van der Waals surface area (Å²) in [5, 5.41) is 6.94. The summed E-state index contributed by atoms with van der Waals surface area (Å²) in [5.41, 5.74) is 2.49. The lowest BCUT2D eigenvalue weighted by molar-refractivity contribution is 0.0957. The van der Waals surface area contributed by atoms with Crippen molar-refractivity contribution in [1.29, 1.82) is 0 Å². The molecule has 2 aromatic rings. The molecule has 2 heterocycles. The largest absolute Gasteiger partial charge is 0.352 e. The Hall–Kier alpha value is -1.84. The highest BCUT2D eigenvalue weighted by Gasteiger charge is 2.11. The van der Waals surface area contributed by atoms with E-state index in [0.717, 1.165) is 11.2 Å². The molecule has 4 heteroatoms. The maximum atomic E-state index is 11.7. The zero-order chi connectivity index (χ0) is 10.8. The number of aryl methyl sites for hydroxylation is 1. The first kappa shape index (κ1) is 9.71. The van der Waals surface area contributed by atoms with Crippen molar-refractivity contribution in [2.24, 2.45) is 0 Å². The average Bonchev–Trinajstić information content (AvgIpc) is 2.63. The van der Waals surface area contributed by atoms with Crippen LogP contribution in [0.15, 0.2) is 24.4 Å². The predicted octanol–water partition coefficient (Wildman–Crippen LogP) is 1.39. The fourth-order valence-electron chi connectivity index (χ4n) is 1.58. The van der Waals surface area contributed by atoms with E-state index in [0.29, 0.717) is 12.1 Å². The number of carbonyl (C=O) groups excluding carboxylic acids is 1. The lowest BCUT2D eigenvalue weighted by atomic mass is 10.2. The molecule has 0 radical (unpaired) electrons. The molecule has 0 spiro atoms. The van der Waals surface area contributed by atoms with Gasteiger partial charge in [-0.1, -0.05) is 6.07 Å². The van der Waals surface area contributed by atoms with Gasteiger partial charge in [-0.15, -0.1) is 0 Å². The van der Waals surface area contributed by atoms with Crippen molar-refractivity contribution in [2.75, 3.05) is 6.54 Å². The second kappa shape index (κ2) is 3.73. The summed E-state index contributed by atoms with van der Waals surface area (Å²) in [4.78, 5) is 11.7. The molecule has 15 heavy (non-hydrogen) atoms. The van der Waals surface area contributed by atoms with Gasteiger partial charge in [0.1, 0.15) is 0 Å². The summed E-state index contributed by atoms with van der Waals surface area (Å²) in [5.74, 6) is -0.0712. The molecule has 0 saturated heterocycles. The van der Waals surface area contributed by atoms with Crippen LogP contribution >= 0.6 is 0 Å². The van der Waals surface area contributed by atoms with E-state index in [-0.39, 0.29) is 5.91 Å². The van der Waals surface area contributed by atoms with Gasteiger partial charge in [0.2, 0.25) is 0 Å². The number of carbonyl (C=O) groups is 1. The fraction of sp³-hybridized carbons (Fsp3) is 0.273. The van der Waals surface area contributed by atoms with Crippen LogP contribution in [0, 0.1) is 6.92 Å². The van der Waals surface area contributed by atoms with Gasteiger partial charge in [-0.25, -0.2) is 4.52 Å². The molecule has 0 aromatic carbocycles. The zero-order valence-electron chi connectivity index (χ0n) is 8.82. The van der Waals surface area contributed by atoms with Gasteiger partial charge in [-0.05, 0) is 26.0 Å². The van der Waals surface area contributed by atoms with Crippen LogP contribution in [0.3, 0.4) is 0 Å². The van der Waals surface area contributed by atoms with Crippen molar-refractivity contribution in [2.45, 2.75) is 13.8 Å². The smallest absolute Gasteiger partial charge is 0.255 e. The second-order valence-corrected chi connectivity index (χ2v) is 3.38. The average molecular weight is 203 g/mol. The number of nitrogens with zero attached hydrogens (tertiary/aromatic N) is 2.